The Morgan fingerprint density at radius 1 is 1.33 bits per heavy atom. The summed E-state index contributed by atoms with van der Waals surface area (Å²) in [7, 11) is 1.99. The SMILES string of the molecule is Cc1cc(C)c(NC(=O)CN(C)CC2CCOC2)c(C)c1. The number of nitrogens with one attached hydrogen (secondary N) is 1. The van der Waals surface area contributed by atoms with Gasteiger partial charge in [0.15, 0.2) is 0 Å². The van der Waals surface area contributed by atoms with E-state index in [2.05, 4.69) is 29.3 Å². The number of hydrogen-bond acceptors (Lipinski definition) is 3. The molecule has 1 aromatic rings. The first-order chi connectivity index (χ1) is 9.95. The highest BCUT2D eigenvalue weighted by Crippen LogP contribution is 2.22. The van der Waals surface area contributed by atoms with Gasteiger partial charge in [-0.2, -0.15) is 0 Å². The summed E-state index contributed by atoms with van der Waals surface area (Å²) in [5.41, 5.74) is 4.41. The summed E-state index contributed by atoms with van der Waals surface area (Å²) in [6, 6.07) is 4.20. The lowest BCUT2D eigenvalue weighted by Gasteiger charge is -2.20. The van der Waals surface area contributed by atoms with E-state index in [4.69, 9.17) is 4.74 Å². The van der Waals surface area contributed by atoms with Crippen molar-refractivity contribution >= 4 is 11.6 Å². The maximum absolute atomic E-state index is 12.2. The van der Waals surface area contributed by atoms with Gasteiger partial charge in [-0.15, -0.1) is 0 Å². The van der Waals surface area contributed by atoms with Gasteiger partial charge >= 0.3 is 0 Å². The summed E-state index contributed by atoms with van der Waals surface area (Å²) in [4.78, 5) is 14.3. The van der Waals surface area contributed by atoms with Crippen LogP contribution in [0.25, 0.3) is 0 Å². The Hall–Kier alpha value is -1.39. The second kappa shape index (κ2) is 7.05. The molecule has 1 aromatic carbocycles. The molecule has 0 radical (unpaired) electrons. The molecule has 1 fully saturated rings. The predicted octanol–water partition coefficient (Wildman–Crippen LogP) is 2.52. The van der Waals surface area contributed by atoms with Gasteiger partial charge in [-0.05, 0) is 51.3 Å². The topological polar surface area (TPSA) is 41.6 Å². The zero-order valence-corrected chi connectivity index (χ0v) is 13.5. The Bertz CT molecular complexity index is 485. The first-order valence-corrected chi connectivity index (χ1v) is 7.59. The van der Waals surface area contributed by atoms with Crippen LogP contribution in [0.15, 0.2) is 12.1 Å². The van der Waals surface area contributed by atoms with Gasteiger partial charge in [0, 0.05) is 18.8 Å². The fourth-order valence-electron chi connectivity index (χ4n) is 3.03. The number of likely N-dealkylation sites (N-methyl/N-ethyl adjacent to an activating group) is 1. The fourth-order valence-corrected chi connectivity index (χ4v) is 3.03. The monoisotopic (exact) mass is 290 g/mol. The van der Waals surface area contributed by atoms with E-state index in [9.17, 15) is 4.79 Å². The smallest absolute Gasteiger partial charge is 0.238 e. The second-order valence-electron chi connectivity index (χ2n) is 6.25. The lowest BCUT2D eigenvalue weighted by molar-refractivity contribution is -0.117. The average Bonchev–Trinajstić information content (AvgIpc) is 2.86. The number of anilines is 1. The van der Waals surface area contributed by atoms with Crippen LogP contribution >= 0.6 is 0 Å². The minimum absolute atomic E-state index is 0.0477. The van der Waals surface area contributed by atoms with Crippen LogP contribution in [0.1, 0.15) is 23.1 Å². The lowest BCUT2D eigenvalue weighted by atomic mass is 10.1. The van der Waals surface area contributed by atoms with E-state index < -0.39 is 0 Å². The van der Waals surface area contributed by atoms with Crippen molar-refractivity contribution in [3.05, 3.63) is 28.8 Å². The van der Waals surface area contributed by atoms with E-state index in [1.165, 1.54) is 5.56 Å². The van der Waals surface area contributed by atoms with Crippen molar-refractivity contribution in [3.63, 3.8) is 0 Å². The van der Waals surface area contributed by atoms with E-state index in [0.29, 0.717) is 12.5 Å². The molecule has 21 heavy (non-hydrogen) atoms. The molecule has 0 spiro atoms. The van der Waals surface area contributed by atoms with Gasteiger partial charge in [-0.1, -0.05) is 17.7 Å². The molecular formula is C17H26N2O2. The molecule has 1 saturated heterocycles. The van der Waals surface area contributed by atoms with Crippen LogP contribution in [-0.4, -0.2) is 44.2 Å². The fraction of sp³-hybridized carbons (Fsp3) is 0.588. The van der Waals surface area contributed by atoms with Gasteiger partial charge in [0.25, 0.3) is 0 Å². The van der Waals surface area contributed by atoms with Gasteiger partial charge in [-0.3, -0.25) is 9.69 Å². The molecule has 1 aliphatic rings. The van der Waals surface area contributed by atoms with Crippen LogP contribution < -0.4 is 5.32 Å². The summed E-state index contributed by atoms with van der Waals surface area (Å²) >= 11 is 0. The maximum Gasteiger partial charge on any atom is 0.238 e. The van der Waals surface area contributed by atoms with Crippen molar-refractivity contribution < 1.29 is 9.53 Å². The number of rotatable bonds is 5. The Morgan fingerprint density at radius 2 is 2.00 bits per heavy atom. The average molecular weight is 290 g/mol. The van der Waals surface area contributed by atoms with E-state index in [1.54, 1.807) is 0 Å². The van der Waals surface area contributed by atoms with Gasteiger partial charge < -0.3 is 10.1 Å². The molecule has 1 N–H and O–H groups in total. The van der Waals surface area contributed by atoms with Crippen molar-refractivity contribution in [2.75, 3.05) is 38.7 Å². The van der Waals surface area contributed by atoms with Crippen molar-refractivity contribution in [1.29, 1.82) is 0 Å². The molecule has 4 nitrogen and oxygen atoms in total. The maximum atomic E-state index is 12.2. The molecule has 0 aromatic heterocycles. The molecule has 1 atom stereocenters. The molecule has 0 saturated carbocycles. The lowest BCUT2D eigenvalue weighted by Crippen LogP contribution is -2.34. The zero-order valence-electron chi connectivity index (χ0n) is 13.5. The van der Waals surface area contributed by atoms with Crippen molar-refractivity contribution in [3.8, 4) is 0 Å². The first-order valence-electron chi connectivity index (χ1n) is 7.59. The van der Waals surface area contributed by atoms with Gasteiger partial charge in [0.2, 0.25) is 5.91 Å². The first kappa shape index (κ1) is 16.0. The van der Waals surface area contributed by atoms with Crippen LogP contribution in [0.2, 0.25) is 0 Å². The number of amides is 1. The highest BCUT2D eigenvalue weighted by atomic mass is 16.5. The summed E-state index contributed by atoms with van der Waals surface area (Å²) < 4.78 is 5.37. The van der Waals surface area contributed by atoms with Crippen LogP contribution in [0, 0.1) is 26.7 Å². The summed E-state index contributed by atoms with van der Waals surface area (Å²) in [5.74, 6) is 0.608. The highest BCUT2D eigenvalue weighted by Gasteiger charge is 2.19. The summed E-state index contributed by atoms with van der Waals surface area (Å²) in [6.45, 7) is 9.16. The Morgan fingerprint density at radius 3 is 2.57 bits per heavy atom. The normalized spacial score (nSPS) is 18.2. The minimum atomic E-state index is 0.0477. The third-order valence-corrected chi connectivity index (χ3v) is 3.95. The minimum Gasteiger partial charge on any atom is -0.381 e. The van der Waals surface area contributed by atoms with Crippen LogP contribution in [0.5, 0.6) is 0 Å². The number of benzene rings is 1. The number of carbonyl (C=O) groups excluding carboxylic acids is 1. The number of nitrogens with zero attached hydrogens (tertiary/aromatic N) is 1. The Labute approximate surface area is 127 Å². The highest BCUT2D eigenvalue weighted by molar-refractivity contribution is 5.93. The van der Waals surface area contributed by atoms with Crippen molar-refractivity contribution in [2.24, 2.45) is 5.92 Å². The van der Waals surface area contributed by atoms with Crippen molar-refractivity contribution in [2.45, 2.75) is 27.2 Å². The van der Waals surface area contributed by atoms with E-state index >= 15 is 0 Å². The van der Waals surface area contributed by atoms with E-state index in [1.807, 2.05) is 20.9 Å². The van der Waals surface area contributed by atoms with E-state index in [-0.39, 0.29) is 5.91 Å². The largest absolute Gasteiger partial charge is 0.381 e. The zero-order chi connectivity index (χ0) is 15.4. The molecule has 1 unspecified atom stereocenters. The second-order valence-corrected chi connectivity index (χ2v) is 6.25. The van der Waals surface area contributed by atoms with Crippen LogP contribution in [-0.2, 0) is 9.53 Å². The summed E-state index contributed by atoms with van der Waals surface area (Å²) in [6.07, 6.45) is 1.10. The van der Waals surface area contributed by atoms with Gasteiger partial charge in [-0.25, -0.2) is 0 Å². The number of ether oxygens (including phenoxy) is 1. The van der Waals surface area contributed by atoms with Gasteiger partial charge in [0.05, 0.1) is 13.2 Å². The molecule has 1 amide bonds. The molecule has 0 aliphatic carbocycles. The number of aryl methyl sites for hydroxylation is 3. The third-order valence-electron chi connectivity index (χ3n) is 3.95. The molecule has 116 valence electrons. The number of carbonyl (C=O) groups is 1. The molecule has 1 aliphatic heterocycles. The number of hydrogen-bond donors (Lipinski definition) is 1. The molecule has 1 heterocycles. The molecular weight excluding hydrogens is 264 g/mol. The van der Waals surface area contributed by atoms with Crippen LogP contribution in [0.3, 0.4) is 0 Å². The predicted molar refractivity (Wildman–Crippen MR) is 85.7 cm³/mol. The quantitative estimate of drug-likeness (QED) is 0.906. The Balaban J connectivity index is 1.89. The molecule has 0 bridgehead atoms. The standard InChI is InChI=1S/C17H26N2O2/c1-12-7-13(2)17(14(3)8-12)18-16(20)10-19(4)9-15-5-6-21-11-15/h7-8,15H,5-6,9-11H2,1-4H3,(H,18,20). The Kier molecular flexibility index (Phi) is 5.37. The molecule has 2 rings (SSSR count). The molecule has 4 heteroatoms. The van der Waals surface area contributed by atoms with Gasteiger partial charge in [0.1, 0.15) is 0 Å². The van der Waals surface area contributed by atoms with Crippen LogP contribution in [0.4, 0.5) is 5.69 Å². The van der Waals surface area contributed by atoms with E-state index in [0.717, 1.165) is 43.0 Å². The third kappa shape index (κ3) is 4.55. The summed E-state index contributed by atoms with van der Waals surface area (Å²) in [5, 5.41) is 3.05. The van der Waals surface area contributed by atoms with Crippen molar-refractivity contribution in [1.82, 2.24) is 4.90 Å².